The van der Waals surface area contributed by atoms with Crippen molar-refractivity contribution in [2.24, 2.45) is 0 Å². The molecule has 0 radical (unpaired) electrons. The number of methoxy groups -OCH3 is 1. The minimum Gasteiger partial charge on any atom is -0.382 e. The normalized spacial score (nSPS) is 18.7. The molecule has 0 aliphatic carbocycles. The van der Waals surface area contributed by atoms with Crippen molar-refractivity contribution in [2.75, 3.05) is 33.4 Å². The molecule has 1 aromatic rings. The molecule has 144 valence electrons. The Morgan fingerprint density at radius 3 is 2.52 bits per heavy atom. The Balaban J connectivity index is 0.00000151. The van der Waals surface area contributed by atoms with Crippen molar-refractivity contribution < 1.29 is 17.9 Å². The molecule has 0 N–H and O–H groups in total. The molecule has 0 saturated carbocycles. The summed E-state index contributed by atoms with van der Waals surface area (Å²) in [5.41, 5.74) is 0.870. The minimum absolute atomic E-state index is 0.0557. The summed E-state index contributed by atoms with van der Waals surface area (Å²) in [6.07, 6.45) is 1.65. The van der Waals surface area contributed by atoms with Gasteiger partial charge in [0.1, 0.15) is 0 Å². The molecule has 0 amide bonds. The van der Waals surface area contributed by atoms with Crippen molar-refractivity contribution in [3.8, 4) is 0 Å². The molecule has 1 aliphatic rings. The van der Waals surface area contributed by atoms with Gasteiger partial charge in [0, 0.05) is 20.2 Å². The molecule has 0 spiro atoms. The molecule has 1 aliphatic heterocycles. The smallest absolute Gasteiger partial charge is 0.243 e. The topological polar surface area (TPSA) is 55.8 Å². The van der Waals surface area contributed by atoms with Crippen LogP contribution in [-0.2, 0) is 19.5 Å². The van der Waals surface area contributed by atoms with E-state index in [2.05, 4.69) is 0 Å². The Bertz CT molecular complexity index is 601. The third kappa shape index (κ3) is 6.06. The number of hydrogen-bond donors (Lipinski definition) is 0. The first-order valence-corrected chi connectivity index (χ1v) is 10.6. The zero-order valence-electron chi connectivity index (χ0n) is 16.2. The average Bonchev–Trinajstić information content (AvgIpc) is 2.64. The van der Waals surface area contributed by atoms with Gasteiger partial charge in [-0.2, -0.15) is 4.31 Å². The zero-order valence-corrected chi connectivity index (χ0v) is 17.0. The van der Waals surface area contributed by atoms with Crippen molar-refractivity contribution in [1.29, 1.82) is 0 Å². The molecule has 5 nitrogen and oxygen atoms in total. The van der Waals surface area contributed by atoms with Crippen LogP contribution in [0.3, 0.4) is 0 Å². The molecule has 1 unspecified atom stereocenters. The van der Waals surface area contributed by atoms with Crippen LogP contribution in [0.2, 0.25) is 0 Å². The molecule has 0 bridgehead atoms. The monoisotopic (exact) mass is 371 g/mol. The van der Waals surface area contributed by atoms with Gasteiger partial charge in [-0.1, -0.05) is 45.9 Å². The first kappa shape index (κ1) is 22.1. The van der Waals surface area contributed by atoms with Crippen LogP contribution in [0.5, 0.6) is 0 Å². The number of nitrogens with zero attached hydrogens (tertiary/aromatic N) is 1. The lowest BCUT2D eigenvalue weighted by atomic mass is 10.0. The molecule has 25 heavy (non-hydrogen) atoms. The van der Waals surface area contributed by atoms with E-state index in [1.165, 1.54) is 0 Å². The summed E-state index contributed by atoms with van der Waals surface area (Å²) in [5, 5.41) is 0. The Morgan fingerprint density at radius 2 is 1.88 bits per heavy atom. The van der Waals surface area contributed by atoms with Crippen LogP contribution in [0.15, 0.2) is 29.2 Å². The highest BCUT2D eigenvalue weighted by atomic mass is 32.2. The molecule has 1 fully saturated rings. The maximum atomic E-state index is 13.0. The lowest BCUT2D eigenvalue weighted by Crippen LogP contribution is -2.43. The number of rotatable bonds is 7. The summed E-state index contributed by atoms with van der Waals surface area (Å²) in [4.78, 5) is 0.424. The summed E-state index contributed by atoms with van der Waals surface area (Å²) >= 11 is 0. The SMILES string of the molecule is CC.COCCOC1CCCN(S(=O)(=O)c2ccccc2C(C)C)C1. The van der Waals surface area contributed by atoms with Crippen LogP contribution in [0.4, 0.5) is 0 Å². The number of ether oxygens (including phenoxy) is 2. The minimum atomic E-state index is -3.48. The Hall–Kier alpha value is -0.950. The molecule has 6 heteroatoms. The Morgan fingerprint density at radius 1 is 1.20 bits per heavy atom. The third-order valence-electron chi connectivity index (χ3n) is 4.14. The van der Waals surface area contributed by atoms with E-state index in [0.29, 0.717) is 31.2 Å². The summed E-state index contributed by atoms with van der Waals surface area (Å²) in [7, 11) is -1.85. The van der Waals surface area contributed by atoms with Crippen molar-refractivity contribution in [3.05, 3.63) is 29.8 Å². The highest BCUT2D eigenvalue weighted by Gasteiger charge is 2.32. The van der Waals surface area contributed by atoms with Gasteiger partial charge in [-0.3, -0.25) is 0 Å². The highest BCUT2D eigenvalue weighted by Crippen LogP contribution is 2.28. The van der Waals surface area contributed by atoms with E-state index < -0.39 is 10.0 Å². The number of hydrogen-bond acceptors (Lipinski definition) is 4. The second kappa shape index (κ2) is 10.9. The van der Waals surface area contributed by atoms with Gasteiger partial charge >= 0.3 is 0 Å². The Kier molecular flexibility index (Phi) is 9.64. The molecule has 1 saturated heterocycles. The van der Waals surface area contributed by atoms with Gasteiger partial charge < -0.3 is 9.47 Å². The summed E-state index contributed by atoms with van der Waals surface area (Å²) in [6.45, 7) is 10.0. The van der Waals surface area contributed by atoms with Crippen LogP contribution >= 0.6 is 0 Å². The molecule has 2 rings (SSSR count). The predicted molar refractivity (Wildman–Crippen MR) is 101 cm³/mol. The van der Waals surface area contributed by atoms with E-state index in [-0.39, 0.29) is 12.0 Å². The van der Waals surface area contributed by atoms with Crippen LogP contribution in [0.1, 0.15) is 52.0 Å². The van der Waals surface area contributed by atoms with Gasteiger partial charge in [-0.25, -0.2) is 8.42 Å². The largest absolute Gasteiger partial charge is 0.382 e. The molecule has 0 aromatic heterocycles. The van der Waals surface area contributed by atoms with Crippen molar-refractivity contribution in [1.82, 2.24) is 4.31 Å². The van der Waals surface area contributed by atoms with Gasteiger partial charge in [-0.05, 0) is 30.4 Å². The van der Waals surface area contributed by atoms with Crippen molar-refractivity contribution in [2.45, 2.75) is 57.5 Å². The third-order valence-corrected chi connectivity index (χ3v) is 6.08. The molecular weight excluding hydrogens is 338 g/mol. The van der Waals surface area contributed by atoms with Gasteiger partial charge in [0.15, 0.2) is 0 Å². The van der Waals surface area contributed by atoms with Crippen LogP contribution in [0, 0.1) is 0 Å². The van der Waals surface area contributed by atoms with Crippen LogP contribution < -0.4 is 0 Å². The fourth-order valence-corrected chi connectivity index (χ4v) is 4.75. The first-order chi connectivity index (χ1) is 12.0. The first-order valence-electron chi connectivity index (χ1n) is 9.16. The lowest BCUT2D eigenvalue weighted by Gasteiger charge is -2.32. The van der Waals surface area contributed by atoms with Crippen LogP contribution in [-0.4, -0.2) is 52.2 Å². The highest BCUT2D eigenvalue weighted by molar-refractivity contribution is 7.89. The zero-order chi connectivity index (χ0) is 18.9. The van der Waals surface area contributed by atoms with Gasteiger partial charge in [0.05, 0.1) is 24.2 Å². The molecule has 1 aromatic carbocycles. The fourth-order valence-electron chi connectivity index (χ4n) is 2.89. The fraction of sp³-hybridized carbons (Fsp3) is 0.684. The number of benzene rings is 1. The molecular formula is C19H33NO4S. The quantitative estimate of drug-likeness (QED) is 0.687. The summed E-state index contributed by atoms with van der Waals surface area (Å²) < 4.78 is 38.3. The van der Waals surface area contributed by atoms with Gasteiger partial charge in [-0.15, -0.1) is 0 Å². The van der Waals surface area contributed by atoms with E-state index >= 15 is 0 Å². The molecule has 1 atom stereocenters. The second-order valence-corrected chi connectivity index (χ2v) is 8.09. The van der Waals surface area contributed by atoms with Crippen molar-refractivity contribution in [3.63, 3.8) is 0 Å². The van der Waals surface area contributed by atoms with E-state index in [1.807, 2.05) is 39.8 Å². The van der Waals surface area contributed by atoms with E-state index in [0.717, 1.165) is 18.4 Å². The standard InChI is InChI=1S/C17H27NO4S.C2H6/c1-14(2)16-8-4-5-9-17(16)23(19,20)18-10-6-7-15(13-18)22-12-11-21-3;1-2/h4-5,8-9,14-15H,6-7,10-13H2,1-3H3;1-2H3. The van der Waals surface area contributed by atoms with Gasteiger partial charge in [0.25, 0.3) is 0 Å². The van der Waals surface area contributed by atoms with Gasteiger partial charge in [0.2, 0.25) is 10.0 Å². The second-order valence-electron chi connectivity index (χ2n) is 6.18. The summed E-state index contributed by atoms with van der Waals surface area (Å²) in [6, 6.07) is 7.28. The summed E-state index contributed by atoms with van der Waals surface area (Å²) in [5.74, 6) is 0.166. The van der Waals surface area contributed by atoms with Crippen molar-refractivity contribution >= 4 is 10.0 Å². The van der Waals surface area contributed by atoms with E-state index in [4.69, 9.17) is 9.47 Å². The maximum Gasteiger partial charge on any atom is 0.243 e. The average molecular weight is 372 g/mol. The van der Waals surface area contributed by atoms with Crippen LogP contribution in [0.25, 0.3) is 0 Å². The van der Waals surface area contributed by atoms with E-state index in [1.54, 1.807) is 23.5 Å². The lowest BCUT2D eigenvalue weighted by molar-refractivity contribution is -0.00653. The molecule has 1 heterocycles. The maximum absolute atomic E-state index is 13.0. The Labute approximate surface area is 153 Å². The predicted octanol–water partition coefficient (Wildman–Crippen LogP) is 3.65. The van der Waals surface area contributed by atoms with E-state index in [9.17, 15) is 8.42 Å². The number of sulfonamides is 1. The number of piperidine rings is 1.